The average Bonchev–Trinajstić information content (AvgIpc) is 2.67. The molecule has 1 unspecified atom stereocenters. The first-order valence-corrected chi connectivity index (χ1v) is 6.37. The van der Waals surface area contributed by atoms with E-state index in [0.29, 0.717) is 18.9 Å². The van der Waals surface area contributed by atoms with E-state index in [2.05, 4.69) is 19.1 Å². The molecule has 0 aliphatic carbocycles. The van der Waals surface area contributed by atoms with Crippen molar-refractivity contribution in [2.45, 2.75) is 32.1 Å². The quantitative estimate of drug-likeness (QED) is 0.838. The van der Waals surface area contributed by atoms with Gasteiger partial charge in [-0.2, -0.15) is 0 Å². The molecule has 1 aromatic rings. The van der Waals surface area contributed by atoms with Gasteiger partial charge in [-0.15, -0.1) is 0 Å². The van der Waals surface area contributed by atoms with E-state index < -0.39 is 0 Å². The van der Waals surface area contributed by atoms with Crippen LogP contribution in [-0.4, -0.2) is 19.0 Å². The fourth-order valence-electron chi connectivity index (χ4n) is 2.93. The van der Waals surface area contributed by atoms with E-state index in [1.165, 1.54) is 22.4 Å². The van der Waals surface area contributed by atoms with Crippen LogP contribution < -0.4 is 10.6 Å². The van der Waals surface area contributed by atoms with Gasteiger partial charge in [0, 0.05) is 6.54 Å². The van der Waals surface area contributed by atoms with Crippen LogP contribution in [0.3, 0.4) is 0 Å². The first-order chi connectivity index (χ1) is 8.20. The van der Waals surface area contributed by atoms with Gasteiger partial charge in [-0.25, -0.2) is 0 Å². The molecule has 0 saturated heterocycles. The van der Waals surface area contributed by atoms with E-state index in [1.807, 2.05) is 4.90 Å². The molecule has 3 nitrogen and oxygen atoms in total. The number of carbonyl (C=O) groups excluding carboxylic acids is 1. The Morgan fingerprint density at radius 2 is 2.18 bits per heavy atom. The first-order valence-electron chi connectivity index (χ1n) is 6.37. The van der Waals surface area contributed by atoms with Gasteiger partial charge in [0.1, 0.15) is 0 Å². The number of nitrogens with two attached hydrogens (primary N) is 1. The fraction of sp³-hybridized carbons (Fsp3) is 0.500. The minimum atomic E-state index is 0.263. The van der Waals surface area contributed by atoms with Gasteiger partial charge in [-0.1, -0.05) is 19.1 Å². The highest BCUT2D eigenvalue weighted by Gasteiger charge is 2.32. The predicted molar refractivity (Wildman–Crippen MR) is 68.3 cm³/mol. The summed E-state index contributed by atoms with van der Waals surface area (Å²) < 4.78 is 0. The largest absolute Gasteiger partial charge is 0.330 e. The van der Waals surface area contributed by atoms with Gasteiger partial charge in [0.05, 0.1) is 12.1 Å². The summed E-state index contributed by atoms with van der Waals surface area (Å²) in [6, 6.07) is 4.43. The number of amides is 1. The molecule has 2 aliphatic rings. The van der Waals surface area contributed by atoms with Crippen LogP contribution in [0.15, 0.2) is 12.1 Å². The zero-order valence-corrected chi connectivity index (χ0v) is 10.2. The zero-order valence-electron chi connectivity index (χ0n) is 10.2. The highest BCUT2D eigenvalue weighted by Crippen LogP contribution is 2.38. The topological polar surface area (TPSA) is 46.3 Å². The molecule has 2 N–H and O–H groups in total. The highest BCUT2D eigenvalue weighted by molar-refractivity contribution is 6.02. The number of carbonyl (C=O) groups is 1. The molecule has 0 radical (unpaired) electrons. The summed E-state index contributed by atoms with van der Waals surface area (Å²) in [6.07, 6.45) is 2.75. The van der Waals surface area contributed by atoms with E-state index in [1.54, 1.807) is 0 Å². The number of rotatable bonds is 2. The van der Waals surface area contributed by atoms with Crippen molar-refractivity contribution in [2.24, 2.45) is 5.73 Å². The summed E-state index contributed by atoms with van der Waals surface area (Å²) >= 11 is 0. The SMILES string of the molecule is CC(CN)c1cc2c3c(c1)CC(=O)N3CCC2. The van der Waals surface area contributed by atoms with Crippen molar-refractivity contribution in [2.75, 3.05) is 18.0 Å². The lowest BCUT2D eigenvalue weighted by Crippen LogP contribution is -2.31. The van der Waals surface area contributed by atoms with Gasteiger partial charge in [0.15, 0.2) is 0 Å². The molecule has 2 heterocycles. The Morgan fingerprint density at radius 1 is 1.41 bits per heavy atom. The monoisotopic (exact) mass is 230 g/mol. The van der Waals surface area contributed by atoms with Gasteiger partial charge in [-0.3, -0.25) is 4.79 Å². The summed E-state index contributed by atoms with van der Waals surface area (Å²) in [5.41, 5.74) is 10.8. The summed E-state index contributed by atoms with van der Waals surface area (Å²) in [6.45, 7) is 3.70. The predicted octanol–water partition coefficient (Wildman–Crippen LogP) is 1.58. The Morgan fingerprint density at radius 3 is 2.94 bits per heavy atom. The molecule has 0 aromatic heterocycles. The molecule has 1 aromatic carbocycles. The van der Waals surface area contributed by atoms with Gasteiger partial charge >= 0.3 is 0 Å². The van der Waals surface area contributed by atoms with Crippen LogP contribution in [0.25, 0.3) is 0 Å². The second-order valence-electron chi connectivity index (χ2n) is 5.15. The number of hydrogen-bond acceptors (Lipinski definition) is 2. The van der Waals surface area contributed by atoms with Gasteiger partial charge in [0.2, 0.25) is 5.91 Å². The van der Waals surface area contributed by atoms with Gasteiger partial charge in [0.25, 0.3) is 0 Å². The van der Waals surface area contributed by atoms with Gasteiger partial charge in [-0.05, 0) is 42.0 Å². The molecule has 17 heavy (non-hydrogen) atoms. The van der Waals surface area contributed by atoms with Crippen molar-refractivity contribution in [1.29, 1.82) is 0 Å². The Kier molecular flexibility index (Phi) is 2.44. The van der Waals surface area contributed by atoms with E-state index >= 15 is 0 Å². The third-order valence-electron chi connectivity index (χ3n) is 3.95. The lowest BCUT2D eigenvalue weighted by Gasteiger charge is -2.26. The molecular formula is C14H18N2O. The average molecular weight is 230 g/mol. The molecule has 2 aliphatic heterocycles. The smallest absolute Gasteiger partial charge is 0.231 e. The zero-order chi connectivity index (χ0) is 12.0. The molecule has 90 valence electrons. The van der Waals surface area contributed by atoms with Crippen molar-refractivity contribution in [3.63, 3.8) is 0 Å². The number of benzene rings is 1. The van der Waals surface area contributed by atoms with Crippen LogP contribution in [0, 0.1) is 0 Å². The molecular weight excluding hydrogens is 212 g/mol. The summed E-state index contributed by atoms with van der Waals surface area (Å²) in [4.78, 5) is 13.9. The van der Waals surface area contributed by atoms with Crippen molar-refractivity contribution >= 4 is 11.6 Å². The Balaban J connectivity index is 2.11. The van der Waals surface area contributed by atoms with Crippen LogP contribution in [0.1, 0.15) is 36.0 Å². The number of aryl methyl sites for hydroxylation is 1. The normalized spacial score (nSPS) is 19.4. The third-order valence-corrected chi connectivity index (χ3v) is 3.95. The summed E-state index contributed by atoms with van der Waals surface area (Å²) in [5, 5.41) is 0. The maximum atomic E-state index is 11.9. The van der Waals surface area contributed by atoms with E-state index in [-0.39, 0.29) is 5.91 Å². The van der Waals surface area contributed by atoms with Crippen LogP contribution in [0.5, 0.6) is 0 Å². The molecule has 1 amide bonds. The standard InChI is InChI=1S/C14H18N2O/c1-9(8-15)11-5-10-3-2-4-16-13(17)7-12(6-11)14(10)16/h5-6,9H,2-4,7-8,15H2,1H3. The fourth-order valence-corrected chi connectivity index (χ4v) is 2.93. The molecule has 0 saturated carbocycles. The van der Waals surface area contributed by atoms with Crippen molar-refractivity contribution < 1.29 is 4.79 Å². The van der Waals surface area contributed by atoms with Crippen LogP contribution in [-0.2, 0) is 17.6 Å². The summed E-state index contributed by atoms with van der Waals surface area (Å²) in [5.74, 6) is 0.640. The lowest BCUT2D eigenvalue weighted by molar-refractivity contribution is -0.117. The minimum Gasteiger partial charge on any atom is -0.330 e. The van der Waals surface area contributed by atoms with Crippen molar-refractivity contribution in [3.05, 3.63) is 28.8 Å². The molecule has 0 spiro atoms. The Bertz CT molecular complexity index is 481. The van der Waals surface area contributed by atoms with E-state index in [0.717, 1.165) is 19.4 Å². The maximum Gasteiger partial charge on any atom is 0.231 e. The molecule has 3 rings (SSSR count). The van der Waals surface area contributed by atoms with Crippen LogP contribution in [0.4, 0.5) is 5.69 Å². The highest BCUT2D eigenvalue weighted by atomic mass is 16.2. The van der Waals surface area contributed by atoms with Gasteiger partial charge < -0.3 is 10.6 Å². The Hall–Kier alpha value is -1.35. The first kappa shape index (κ1) is 10.8. The maximum absolute atomic E-state index is 11.9. The second kappa shape index (κ2) is 3.84. The number of nitrogens with zero attached hydrogens (tertiary/aromatic N) is 1. The summed E-state index contributed by atoms with van der Waals surface area (Å²) in [7, 11) is 0. The third kappa shape index (κ3) is 1.57. The Labute approximate surface area is 102 Å². The number of hydrogen-bond donors (Lipinski definition) is 1. The second-order valence-corrected chi connectivity index (χ2v) is 5.15. The van der Waals surface area contributed by atoms with Crippen LogP contribution in [0.2, 0.25) is 0 Å². The molecule has 0 fully saturated rings. The van der Waals surface area contributed by atoms with Crippen molar-refractivity contribution in [3.8, 4) is 0 Å². The molecule has 1 atom stereocenters. The van der Waals surface area contributed by atoms with E-state index in [4.69, 9.17) is 5.73 Å². The minimum absolute atomic E-state index is 0.263. The van der Waals surface area contributed by atoms with E-state index in [9.17, 15) is 4.79 Å². The molecule has 0 bridgehead atoms. The lowest BCUT2D eigenvalue weighted by atomic mass is 9.92. The molecule has 3 heteroatoms. The van der Waals surface area contributed by atoms with Crippen molar-refractivity contribution in [1.82, 2.24) is 0 Å². The van der Waals surface area contributed by atoms with Crippen LogP contribution >= 0.6 is 0 Å². The number of anilines is 1.